The Morgan fingerprint density at radius 2 is 1.65 bits per heavy atom. The Morgan fingerprint density at radius 1 is 0.973 bits per heavy atom. The number of aromatic nitrogens is 3. The molecular weight excluding hydrogens is 488 g/mol. The molecule has 0 aliphatic heterocycles. The highest BCUT2D eigenvalue weighted by atomic mass is 35.5. The molecule has 0 aliphatic rings. The lowest BCUT2D eigenvalue weighted by atomic mass is 10.00. The minimum atomic E-state index is -0.716. The minimum Gasteiger partial charge on any atom is -0.378 e. The summed E-state index contributed by atoms with van der Waals surface area (Å²) >= 11 is 6.08. The molecule has 1 aromatic heterocycles. The number of nitrogens with zero attached hydrogens (tertiary/aromatic N) is 5. The van der Waals surface area contributed by atoms with Crippen LogP contribution in [-0.2, 0) is 22.7 Å². The van der Waals surface area contributed by atoms with Gasteiger partial charge in [-0.1, -0.05) is 54.9 Å². The Morgan fingerprint density at radius 3 is 2.30 bits per heavy atom. The summed E-state index contributed by atoms with van der Waals surface area (Å²) in [6.45, 7) is 4.08. The smallest absolute Gasteiger partial charge is 0.247 e. The van der Waals surface area contributed by atoms with Gasteiger partial charge in [0.15, 0.2) is 0 Å². The fraction of sp³-hybridized carbons (Fsp3) is 0.286. The van der Waals surface area contributed by atoms with E-state index in [1.165, 1.54) is 0 Å². The van der Waals surface area contributed by atoms with E-state index in [1.54, 1.807) is 21.7 Å². The Balaban J connectivity index is 1.63. The summed E-state index contributed by atoms with van der Waals surface area (Å²) in [6, 6.07) is 21.6. The van der Waals surface area contributed by atoms with E-state index < -0.39 is 6.04 Å². The first-order valence-corrected chi connectivity index (χ1v) is 12.5. The van der Waals surface area contributed by atoms with Crippen LogP contribution in [0.25, 0.3) is 11.0 Å². The predicted molar refractivity (Wildman–Crippen MR) is 148 cm³/mol. The summed E-state index contributed by atoms with van der Waals surface area (Å²) in [4.78, 5) is 31.0. The second-order valence-corrected chi connectivity index (χ2v) is 9.94. The van der Waals surface area contributed by atoms with Crippen molar-refractivity contribution in [1.29, 1.82) is 0 Å². The molecule has 1 N–H and O–H groups in total. The maximum atomic E-state index is 13.8. The largest absolute Gasteiger partial charge is 0.378 e. The van der Waals surface area contributed by atoms with Crippen molar-refractivity contribution >= 4 is 45.8 Å². The number of carbonyl (C=O) groups excluding carboxylic acids is 2. The van der Waals surface area contributed by atoms with Crippen molar-refractivity contribution in [3.05, 3.63) is 83.4 Å². The summed E-state index contributed by atoms with van der Waals surface area (Å²) in [7, 11) is 3.92. The van der Waals surface area contributed by atoms with Crippen LogP contribution < -0.4 is 10.2 Å². The molecule has 8 nitrogen and oxygen atoms in total. The molecule has 1 atom stereocenters. The van der Waals surface area contributed by atoms with Gasteiger partial charge in [0, 0.05) is 37.0 Å². The lowest BCUT2D eigenvalue weighted by molar-refractivity contribution is -0.141. The third kappa shape index (κ3) is 6.27. The van der Waals surface area contributed by atoms with Crippen LogP contribution in [0.1, 0.15) is 19.4 Å². The van der Waals surface area contributed by atoms with Gasteiger partial charge in [-0.25, -0.2) is 4.68 Å². The van der Waals surface area contributed by atoms with Gasteiger partial charge in [-0.3, -0.25) is 9.59 Å². The zero-order chi connectivity index (χ0) is 26.5. The van der Waals surface area contributed by atoms with E-state index in [2.05, 4.69) is 15.6 Å². The highest BCUT2D eigenvalue weighted by molar-refractivity contribution is 6.30. The second kappa shape index (κ2) is 11.4. The van der Waals surface area contributed by atoms with Gasteiger partial charge in [-0.2, -0.15) is 0 Å². The van der Waals surface area contributed by atoms with Crippen molar-refractivity contribution < 1.29 is 9.59 Å². The third-order valence-electron chi connectivity index (χ3n) is 6.18. The average molecular weight is 519 g/mol. The maximum Gasteiger partial charge on any atom is 0.247 e. The van der Waals surface area contributed by atoms with Crippen LogP contribution in [-0.4, -0.2) is 51.8 Å². The average Bonchev–Trinajstić information content (AvgIpc) is 3.27. The van der Waals surface area contributed by atoms with Crippen LogP contribution in [0, 0.1) is 5.92 Å². The Hall–Kier alpha value is -3.91. The first-order valence-electron chi connectivity index (χ1n) is 12.1. The topological polar surface area (TPSA) is 83.4 Å². The molecule has 37 heavy (non-hydrogen) atoms. The molecule has 0 saturated carbocycles. The van der Waals surface area contributed by atoms with Crippen LogP contribution in [0.5, 0.6) is 0 Å². The van der Waals surface area contributed by atoms with Gasteiger partial charge in [0.2, 0.25) is 11.8 Å². The molecule has 2 amide bonds. The number of anilines is 2. The molecule has 0 spiro atoms. The van der Waals surface area contributed by atoms with Crippen molar-refractivity contribution in [2.45, 2.75) is 33.0 Å². The van der Waals surface area contributed by atoms with E-state index in [0.29, 0.717) is 16.2 Å². The van der Waals surface area contributed by atoms with Gasteiger partial charge in [0.25, 0.3) is 0 Å². The summed E-state index contributed by atoms with van der Waals surface area (Å²) in [5.41, 5.74) is 4.03. The van der Waals surface area contributed by atoms with Crippen LogP contribution >= 0.6 is 11.6 Å². The van der Waals surface area contributed by atoms with Crippen molar-refractivity contribution in [1.82, 2.24) is 19.9 Å². The minimum absolute atomic E-state index is 0.0395. The quantitative estimate of drug-likeness (QED) is 0.343. The molecule has 4 aromatic rings. The maximum absolute atomic E-state index is 13.8. The Labute approximate surface area is 221 Å². The van der Waals surface area contributed by atoms with E-state index in [9.17, 15) is 9.59 Å². The molecule has 0 aliphatic carbocycles. The third-order valence-corrected chi connectivity index (χ3v) is 6.43. The monoisotopic (exact) mass is 518 g/mol. The van der Waals surface area contributed by atoms with Gasteiger partial charge in [0.1, 0.15) is 18.1 Å². The summed E-state index contributed by atoms with van der Waals surface area (Å²) < 4.78 is 1.57. The van der Waals surface area contributed by atoms with Crippen molar-refractivity contribution in [3.8, 4) is 0 Å². The number of amides is 2. The summed E-state index contributed by atoms with van der Waals surface area (Å²) in [6.07, 6.45) is 0. The molecule has 3 aromatic carbocycles. The van der Waals surface area contributed by atoms with E-state index >= 15 is 0 Å². The molecule has 0 fully saturated rings. The van der Waals surface area contributed by atoms with Crippen LogP contribution in [0.15, 0.2) is 72.8 Å². The normalized spacial score (nSPS) is 11.9. The molecule has 0 radical (unpaired) electrons. The second-order valence-electron chi connectivity index (χ2n) is 9.50. The van der Waals surface area contributed by atoms with E-state index in [4.69, 9.17) is 11.6 Å². The van der Waals surface area contributed by atoms with Crippen LogP contribution in [0.2, 0.25) is 5.02 Å². The lowest BCUT2D eigenvalue weighted by Gasteiger charge is -2.33. The lowest BCUT2D eigenvalue weighted by Crippen LogP contribution is -2.50. The highest BCUT2D eigenvalue weighted by Crippen LogP contribution is 2.22. The van der Waals surface area contributed by atoms with Crippen LogP contribution in [0.3, 0.4) is 0 Å². The van der Waals surface area contributed by atoms with Gasteiger partial charge in [-0.15, -0.1) is 5.10 Å². The van der Waals surface area contributed by atoms with Gasteiger partial charge in [0.05, 0.1) is 5.52 Å². The molecule has 4 rings (SSSR count). The first kappa shape index (κ1) is 26.2. The molecule has 0 saturated heterocycles. The fourth-order valence-corrected chi connectivity index (χ4v) is 4.37. The number of benzene rings is 3. The van der Waals surface area contributed by atoms with E-state index in [-0.39, 0.29) is 30.8 Å². The molecule has 0 bridgehead atoms. The zero-order valence-corrected chi connectivity index (χ0v) is 22.2. The van der Waals surface area contributed by atoms with E-state index in [1.807, 2.05) is 93.5 Å². The SMILES string of the molecule is CC(C)C(C(=O)Nc1ccc(N(C)C)cc1)N(Cc1ccc(Cl)cc1)C(=O)Cn1nnc2ccccc21. The number of para-hydroxylation sites is 1. The number of hydrogen-bond donors (Lipinski definition) is 1. The van der Waals surface area contributed by atoms with Crippen molar-refractivity contribution in [2.75, 3.05) is 24.3 Å². The first-order chi connectivity index (χ1) is 17.7. The predicted octanol–water partition coefficient (Wildman–Crippen LogP) is 4.84. The summed E-state index contributed by atoms with van der Waals surface area (Å²) in [5.74, 6) is -0.634. The Kier molecular flexibility index (Phi) is 8.08. The number of halogens is 1. The fourth-order valence-electron chi connectivity index (χ4n) is 4.24. The number of nitrogens with one attached hydrogen (secondary N) is 1. The number of carbonyl (C=O) groups is 2. The van der Waals surface area contributed by atoms with Crippen molar-refractivity contribution in [3.63, 3.8) is 0 Å². The standard InChI is InChI=1S/C28H31ClN6O2/c1-19(2)27(28(37)30-22-13-15-23(16-14-22)33(3)4)34(17-20-9-11-21(29)12-10-20)26(36)18-35-25-8-6-5-7-24(25)31-32-35/h5-16,19,27H,17-18H2,1-4H3,(H,30,37). The number of hydrogen-bond acceptors (Lipinski definition) is 5. The Bertz CT molecular complexity index is 1370. The molecule has 1 unspecified atom stereocenters. The number of rotatable bonds is 9. The van der Waals surface area contributed by atoms with Gasteiger partial charge >= 0.3 is 0 Å². The molecule has 9 heteroatoms. The van der Waals surface area contributed by atoms with Gasteiger partial charge < -0.3 is 15.1 Å². The van der Waals surface area contributed by atoms with Crippen LogP contribution in [0.4, 0.5) is 11.4 Å². The van der Waals surface area contributed by atoms with E-state index in [0.717, 1.165) is 16.8 Å². The molecular formula is C28H31ClN6O2. The number of fused-ring (bicyclic) bond motifs is 1. The summed E-state index contributed by atoms with van der Waals surface area (Å²) in [5, 5.41) is 11.9. The molecule has 192 valence electrons. The van der Waals surface area contributed by atoms with Crippen molar-refractivity contribution in [2.24, 2.45) is 5.92 Å². The zero-order valence-electron chi connectivity index (χ0n) is 21.4. The van der Waals surface area contributed by atoms with Gasteiger partial charge in [-0.05, 0) is 60.0 Å². The highest BCUT2D eigenvalue weighted by Gasteiger charge is 2.33. The molecule has 1 heterocycles.